The molecule has 0 aliphatic carbocycles. The molecule has 1 unspecified atom stereocenters. The molecule has 20 heavy (non-hydrogen) atoms. The van der Waals surface area contributed by atoms with Crippen molar-refractivity contribution < 1.29 is 0 Å². The van der Waals surface area contributed by atoms with Gasteiger partial charge >= 0.3 is 0 Å². The van der Waals surface area contributed by atoms with Crippen LogP contribution in [0.25, 0.3) is 0 Å². The molecule has 3 rings (SSSR count). The second kappa shape index (κ2) is 5.95. The molecule has 2 aromatic rings. The first-order valence-electron chi connectivity index (χ1n) is 6.96. The summed E-state index contributed by atoms with van der Waals surface area (Å²) < 4.78 is 2.22. The van der Waals surface area contributed by atoms with E-state index in [0.29, 0.717) is 0 Å². The van der Waals surface area contributed by atoms with Crippen LogP contribution in [0.1, 0.15) is 23.9 Å². The van der Waals surface area contributed by atoms with E-state index in [9.17, 15) is 0 Å². The van der Waals surface area contributed by atoms with Crippen LogP contribution in [0.15, 0.2) is 36.7 Å². The zero-order valence-electron chi connectivity index (χ0n) is 11.4. The molecule has 106 valence electrons. The van der Waals surface area contributed by atoms with Crippen LogP contribution in [-0.2, 0) is 13.1 Å². The first kappa shape index (κ1) is 13.6. The number of rotatable bonds is 4. The van der Waals surface area contributed by atoms with Crippen LogP contribution in [0.2, 0.25) is 5.02 Å². The highest BCUT2D eigenvalue weighted by Crippen LogP contribution is 2.19. The lowest BCUT2D eigenvalue weighted by atomic mass is 10.0. The Morgan fingerprint density at radius 3 is 3.10 bits per heavy atom. The SMILES string of the molecule is NC(CCN1CCn2ccnc2C1)c1cccc(Cl)c1. The van der Waals surface area contributed by atoms with Gasteiger partial charge in [-0.25, -0.2) is 4.98 Å². The number of benzene rings is 1. The van der Waals surface area contributed by atoms with Gasteiger partial charge in [-0.15, -0.1) is 0 Å². The van der Waals surface area contributed by atoms with Crippen molar-refractivity contribution in [3.05, 3.63) is 53.1 Å². The fraction of sp³-hybridized carbons (Fsp3) is 0.400. The maximum absolute atomic E-state index is 6.25. The second-order valence-electron chi connectivity index (χ2n) is 5.26. The molecule has 4 nitrogen and oxygen atoms in total. The fourth-order valence-corrected chi connectivity index (χ4v) is 2.84. The lowest BCUT2D eigenvalue weighted by molar-refractivity contribution is 0.210. The number of hydrogen-bond acceptors (Lipinski definition) is 3. The molecule has 2 heterocycles. The van der Waals surface area contributed by atoms with Crippen LogP contribution in [0.4, 0.5) is 0 Å². The highest BCUT2D eigenvalue weighted by atomic mass is 35.5. The van der Waals surface area contributed by atoms with Gasteiger partial charge in [-0.2, -0.15) is 0 Å². The molecule has 1 atom stereocenters. The van der Waals surface area contributed by atoms with Crippen LogP contribution < -0.4 is 5.73 Å². The Kier molecular flexibility index (Phi) is 4.05. The van der Waals surface area contributed by atoms with Crippen LogP contribution in [0.3, 0.4) is 0 Å². The first-order chi connectivity index (χ1) is 9.72. The molecule has 5 heteroatoms. The predicted molar refractivity (Wildman–Crippen MR) is 80.5 cm³/mol. The van der Waals surface area contributed by atoms with Crippen molar-refractivity contribution >= 4 is 11.6 Å². The van der Waals surface area contributed by atoms with Crippen molar-refractivity contribution in [1.82, 2.24) is 14.5 Å². The Bertz CT molecular complexity index is 581. The van der Waals surface area contributed by atoms with E-state index < -0.39 is 0 Å². The zero-order valence-corrected chi connectivity index (χ0v) is 12.1. The van der Waals surface area contributed by atoms with Gasteiger partial charge in [0.25, 0.3) is 0 Å². The Labute approximate surface area is 124 Å². The zero-order chi connectivity index (χ0) is 13.9. The van der Waals surface area contributed by atoms with Crippen molar-refractivity contribution in [1.29, 1.82) is 0 Å². The molecule has 1 aliphatic rings. The number of aromatic nitrogens is 2. The van der Waals surface area contributed by atoms with Gasteiger partial charge in [-0.05, 0) is 24.1 Å². The second-order valence-corrected chi connectivity index (χ2v) is 5.70. The first-order valence-corrected chi connectivity index (χ1v) is 7.33. The summed E-state index contributed by atoms with van der Waals surface area (Å²) in [5.41, 5.74) is 7.36. The lowest BCUT2D eigenvalue weighted by Gasteiger charge is -2.28. The van der Waals surface area contributed by atoms with Gasteiger partial charge in [0.2, 0.25) is 0 Å². The van der Waals surface area contributed by atoms with E-state index in [1.165, 1.54) is 0 Å². The van der Waals surface area contributed by atoms with Crippen LogP contribution in [0.5, 0.6) is 0 Å². The van der Waals surface area contributed by atoms with Gasteiger partial charge in [-0.3, -0.25) is 4.90 Å². The van der Waals surface area contributed by atoms with E-state index in [1.807, 2.05) is 36.7 Å². The number of nitrogens with zero attached hydrogens (tertiary/aromatic N) is 3. The van der Waals surface area contributed by atoms with Gasteiger partial charge in [0.15, 0.2) is 0 Å². The van der Waals surface area contributed by atoms with Crippen molar-refractivity contribution in [3.63, 3.8) is 0 Å². The van der Waals surface area contributed by atoms with Crippen LogP contribution in [-0.4, -0.2) is 27.5 Å². The Morgan fingerprint density at radius 1 is 1.35 bits per heavy atom. The number of nitrogens with two attached hydrogens (primary N) is 1. The molecule has 0 spiro atoms. The molecule has 0 saturated heterocycles. The van der Waals surface area contributed by atoms with Gasteiger partial charge in [0.1, 0.15) is 5.82 Å². The van der Waals surface area contributed by atoms with Crippen molar-refractivity contribution in [3.8, 4) is 0 Å². The Hall–Kier alpha value is -1.36. The third-order valence-corrected chi connectivity index (χ3v) is 4.09. The molecule has 0 radical (unpaired) electrons. The molecule has 0 fully saturated rings. The quantitative estimate of drug-likeness (QED) is 0.941. The molecule has 1 aromatic heterocycles. The summed E-state index contributed by atoms with van der Waals surface area (Å²) in [7, 11) is 0. The molecule has 0 bridgehead atoms. The third kappa shape index (κ3) is 3.03. The summed E-state index contributed by atoms with van der Waals surface area (Å²) >= 11 is 6.00. The van der Waals surface area contributed by atoms with E-state index in [0.717, 1.165) is 49.0 Å². The van der Waals surface area contributed by atoms with E-state index in [2.05, 4.69) is 14.5 Å². The van der Waals surface area contributed by atoms with E-state index in [4.69, 9.17) is 17.3 Å². The normalized spacial score (nSPS) is 16.9. The number of imidazole rings is 1. The minimum Gasteiger partial charge on any atom is -0.333 e. The number of halogens is 1. The van der Waals surface area contributed by atoms with Gasteiger partial charge < -0.3 is 10.3 Å². The van der Waals surface area contributed by atoms with Crippen molar-refractivity contribution in [2.24, 2.45) is 5.73 Å². The lowest BCUT2D eigenvalue weighted by Crippen LogP contribution is -2.35. The average molecular weight is 291 g/mol. The minimum absolute atomic E-state index is 0.0374. The van der Waals surface area contributed by atoms with Gasteiger partial charge in [0, 0.05) is 43.1 Å². The highest BCUT2D eigenvalue weighted by Gasteiger charge is 2.17. The summed E-state index contributed by atoms with van der Waals surface area (Å²) in [5.74, 6) is 1.15. The molecular weight excluding hydrogens is 272 g/mol. The molecule has 0 saturated carbocycles. The Morgan fingerprint density at radius 2 is 2.25 bits per heavy atom. The summed E-state index contributed by atoms with van der Waals surface area (Å²) in [6.07, 6.45) is 4.85. The number of hydrogen-bond donors (Lipinski definition) is 1. The van der Waals surface area contributed by atoms with Crippen LogP contribution >= 0.6 is 11.6 Å². The van der Waals surface area contributed by atoms with E-state index >= 15 is 0 Å². The van der Waals surface area contributed by atoms with E-state index in [-0.39, 0.29) is 6.04 Å². The topological polar surface area (TPSA) is 47.1 Å². The molecule has 2 N–H and O–H groups in total. The van der Waals surface area contributed by atoms with Gasteiger partial charge in [0.05, 0.1) is 6.54 Å². The number of fused-ring (bicyclic) bond motifs is 1. The maximum atomic E-state index is 6.25. The standard InChI is InChI=1S/C15H19ClN4/c16-13-3-1-2-12(10-13)14(17)4-6-19-8-9-20-7-5-18-15(20)11-19/h1-3,5,7,10,14H,4,6,8-9,11,17H2. The monoisotopic (exact) mass is 290 g/mol. The summed E-state index contributed by atoms with van der Waals surface area (Å²) in [4.78, 5) is 6.79. The van der Waals surface area contributed by atoms with Crippen molar-refractivity contribution in [2.75, 3.05) is 13.1 Å². The third-order valence-electron chi connectivity index (χ3n) is 3.86. The summed E-state index contributed by atoms with van der Waals surface area (Å²) in [5, 5.41) is 0.748. The molecular formula is C15H19ClN4. The molecule has 1 aliphatic heterocycles. The molecule has 0 amide bonds. The predicted octanol–water partition coefficient (Wildman–Crippen LogP) is 2.44. The summed E-state index contributed by atoms with van der Waals surface area (Å²) in [6.45, 7) is 3.98. The maximum Gasteiger partial charge on any atom is 0.122 e. The van der Waals surface area contributed by atoms with Gasteiger partial charge in [-0.1, -0.05) is 23.7 Å². The summed E-state index contributed by atoms with van der Waals surface area (Å²) in [6, 6.07) is 7.86. The smallest absolute Gasteiger partial charge is 0.122 e. The minimum atomic E-state index is 0.0374. The fourth-order valence-electron chi connectivity index (χ4n) is 2.64. The largest absolute Gasteiger partial charge is 0.333 e. The highest BCUT2D eigenvalue weighted by molar-refractivity contribution is 6.30. The van der Waals surface area contributed by atoms with Crippen LogP contribution in [0, 0.1) is 0 Å². The average Bonchev–Trinajstić information content (AvgIpc) is 2.92. The van der Waals surface area contributed by atoms with Crippen molar-refractivity contribution in [2.45, 2.75) is 25.6 Å². The molecule has 1 aromatic carbocycles. The van der Waals surface area contributed by atoms with E-state index in [1.54, 1.807) is 0 Å². The Balaban J connectivity index is 1.55.